The van der Waals surface area contributed by atoms with Gasteiger partial charge in [-0.15, -0.1) is 0 Å². The van der Waals surface area contributed by atoms with E-state index in [-0.39, 0.29) is 0 Å². The third-order valence-electron chi connectivity index (χ3n) is 2.71. The largest absolute Gasteiger partial charge is 0.384 e. The molecule has 0 aliphatic carbocycles. The summed E-state index contributed by atoms with van der Waals surface area (Å²) in [5, 5.41) is 3.96. The van der Waals surface area contributed by atoms with Gasteiger partial charge in [-0.3, -0.25) is 0 Å². The Kier molecular flexibility index (Phi) is 2.92. The average Bonchev–Trinajstić information content (AvgIpc) is 3.01. The highest BCUT2D eigenvalue weighted by atomic mass is 32.1. The third-order valence-corrected chi connectivity index (χ3v) is 4.27. The first-order valence-corrected chi connectivity index (χ1v) is 6.74. The number of hydrogen-bond donors (Lipinski definition) is 1. The van der Waals surface area contributed by atoms with Crippen molar-refractivity contribution < 1.29 is 4.52 Å². The van der Waals surface area contributed by atoms with Crippen LogP contribution in [0.4, 0.5) is 5.82 Å². The highest BCUT2D eigenvalue weighted by Gasteiger charge is 2.17. The van der Waals surface area contributed by atoms with Crippen LogP contribution in [0.1, 0.15) is 0 Å². The Morgan fingerprint density at radius 1 is 1.32 bits per heavy atom. The molecule has 19 heavy (non-hydrogen) atoms. The van der Waals surface area contributed by atoms with Crippen molar-refractivity contribution in [3.63, 3.8) is 0 Å². The fourth-order valence-corrected chi connectivity index (χ4v) is 2.80. The molecule has 0 amide bonds. The van der Waals surface area contributed by atoms with E-state index in [0.29, 0.717) is 26.4 Å². The lowest BCUT2D eigenvalue weighted by atomic mass is 10.2. The van der Waals surface area contributed by atoms with Crippen LogP contribution in [0.5, 0.6) is 0 Å². The molecule has 3 aromatic rings. The summed E-state index contributed by atoms with van der Waals surface area (Å²) in [6, 6.07) is 9.62. The Labute approximate surface area is 118 Å². The van der Waals surface area contributed by atoms with Crippen LogP contribution in [0.3, 0.4) is 0 Å². The zero-order valence-electron chi connectivity index (χ0n) is 10.0. The predicted molar refractivity (Wildman–Crippen MR) is 77.3 cm³/mol. The molecule has 0 fully saturated rings. The summed E-state index contributed by atoms with van der Waals surface area (Å²) in [6.45, 7) is 0. The second-order valence-corrected chi connectivity index (χ2v) is 5.57. The van der Waals surface area contributed by atoms with E-state index in [4.69, 9.17) is 22.5 Å². The lowest BCUT2D eigenvalue weighted by Crippen LogP contribution is -1.96. The molecule has 0 bridgehead atoms. The summed E-state index contributed by atoms with van der Waals surface area (Å²) in [5.41, 5.74) is 6.86. The molecule has 0 saturated carbocycles. The lowest BCUT2D eigenvalue weighted by Gasteiger charge is -1.94. The van der Waals surface area contributed by atoms with E-state index in [1.807, 2.05) is 37.4 Å². The Hall–Kier alpha value is -1.99. The van der Waals surface area contributed by atoms with E-state index in [1.54, 1.807) is 4.57 Å². The van der Waals surface area contributed by atoms with Crippen molar-refractivity contribution in [3.05, 3.63) is 34.3 Å². The smallest absolute Gasteiger partial charge is 0.272 e. The number of aromatic nitrogens is 3. The van der Waals surface area contributed by atoms with E-state index < -0.39 is 0 Å². The van der Waals surface area contributed by atoms with Crippen LogP contribution in [0.15, 0.2) is 34.9 Å². The predicted octanol–water partition coefficient (Wildman–Crippen LogP) is 3.12. The minimum atomic E-state index is 0.396. The van der Waals surface area contributed by atoms with Gasteiger partial charge in [0.1, 0.15) is 10.7 Å². The van der Waals surface area contributed by atoms with Gasteiger partial charge in [0.05, 0.1) is 0 Å². The fourth-order valence-electron chi connectivity index (χ4n) is 1.63. The number of rotatable bonds is 2. The summed E-state index contributed by atoms with van der Waals surface area (Å²) >= 11 is 6.53. The highest BCUT2D eigenvalue weighted by Crippen LogP contribution is 2.32. The molecule has 0 spiro atoms. The molecule has 3 rings (SSSR count). The molecule has 0 saturated heterocycles. The van der Waals surface area contributed by atoms with Crippen LogP contribution >= 0.6 is 23.6 Å². The van der Waals surface area contributed by atoms with Crippen LogP contribution in [0, 0.1) is 3.95 Å². The van der Waals surface area contributed by atoms with Gasteiger partial charge in [-0.05, 0) is 12.2 Å². The Balaban J connectivity index is 2.07. The van der Waals surface area contributed by atoms with Crippen molar-refractivity contribution in [2.75, 3.05) is 5.73 Å². The summed E-state index contributed by atoms with van der Waals surface area (Å²) < 4.78 is 7.66. The maximum absolute atomic E-state index is 5.96. The van der Waals surface area contributed by atoms with Gasteiger partial charge < -0.3 is 14.8 Å². The molecule has 2 aromatic heterocycles. The first-order valence-electron chi connectivity index (χ1n) is 5.51. The van der Waals surface area contributed by atoms with Crippen LogP contribution in [-0.4, -0.2) is 14.7 Å². The molecule has 0 aliphatic heterocycles. The quantitative estimate of drug-likeness (QED) is 0.734. The van der Waals surface area contributed by atoms with Gasteiger partial charge in [0.15, 0.2) is 3.95 Å². The fraction of sp³-hybridized carbons (Fsp3) is 0.0833. The van der Waals surface area contributed by atoms with Crippen LogP contribution in [0.25, 0.3) is 22.2 Å². The van der Waals surface area contributed by atoms with E-state index >= 15 is 0 Å². The number of nitrogens with two attached hydrogens (primary N) is 1. The van der Waals surface area contributed by atoms with Crippen LogP contribution < -0.4 is 5.73 Å². The second kappa shape index (κ2) is 4.60. The summed E-state index contributed by atoms with van der Waals surface area (Å²) in [6.07, 6.45) is 0. The van der Waals surface area contributed by atoms with Crippen LogP contribution in [-0.2, 0) is 7.05 Å². The molecule has 0 atom stereocenters. The number of nitrogens with zero attached hydrogens (tertiary/aromatic N) is 3. The number of thiazole rings is 1. The average molecular weight is 290 g/mol. The molecule has 2 N–H and O–H groups in total. The van der Waals surface area contributed by atoms with Crippen LogP contribution in [0.2, 0.25) is 0 Å². The number of anilines is 1. The second-order valence-electron chi connectivity index (χ2n) is 3.93. The zero-order valence-corrected chi connectivity index (χ0v) is 11.7. The first-order chi connectivity index (χ1) is 9.16. The normalized spacial score (nSPS) is 10.8. The Morgan fingerprint density at radius 2 is 2.05 bits per heavy atom. The van der Waals surface area contributed by atoms with Crippen molar-refractivity contribution in [2.24, 2.45) is 7.05 Å². The maximum Gasteiger partial charge on any atom is 0.272 e. The summed E-state index contributed by atoms with van der Waals surface area (Å²) in [4.78, 5) is 5.07. The minimum Gasteiger partial charge on any atom is -0.384 e. The molecule has 2 heterocycles. The lowest BCUT2D eigenvalue weighted by molar-refractivity contribution is 0.433. The van der Waals surface area contributed by atoms with Gasteiger partial charge in [0.2, 0.25) is 5.82 Å². The first kappa shape index (κ1) is 12.1. The highest BCUT2D eigenvalue weighted by molar-refractivity contribution is 7.73. The summed E-state index contributed by atoms with van der Waals surface area (Å²) in [7, 11) is 1.81. The van der Waals surface area contributed by atoms with Gasteiger partial charge in [-0.1, -0.05) is 46.8 Å². The molecule has 5 nitrogen and oxygen atoms in total. The molecule has 0 aliphatic rings. The van der Waals surface area contributed by atoms with Gasteiger partial charge >= 0.3 is 0 Å². The van der Waals surface area contributed by atoms with E-state index in [1.165, 1.54) is 11.3 Å². The van der Waals surface area contributed by atoms with E-state index in [9.17, 15) is 0 Å². The number of benzene rings is 1. The number of hydrogen-bond acceptors (Lipinski definition) is 6. The summed E-state index contributed by atoms with van der Waals surface area (Å²) in [5.74, 6) is 1.48. The molecular weight excluding hydrogens is 280 g/mol. The SMILES string of the molecule is Cn1c(N)c(-c2nc(-c3ccccc3)no2)sc1=S. The van der Waals surface area contributed by atoms with Gasteiger partial charge in [-0.2, -0.15) is 4.98 Å². The Bertz CT molecular complexity index is 773. The third kappa shape index (κ3) is 2.06. The monoisotopic (exact) mass is 290 g/mol. The Morgan fingerprint density at radius 3 is 2.68 bits per heavy atom. The number of nitrogen functional groups attached to an aromatic ring is 1. The molecule has 0 radical (unpaired) electrons. The van der Waals surface area contributed by atoms with E-state index in [2.05, 4.69) is 10.1 Å². The van der Waals surface area contributed by atoms with Gasteiger partial charge in [0, 0.05) is 12.6 Å². The zero-order chi connectivity index (χ0) is 13.4. The van der Waals surface area contributed by atoms with Crippen molar-refractivity contribution in [1.29, 1.82) is 0 Å². The molecule has 96 valence electrons. The molecular formula is C12H10N4OS2. The van der Waals surface area contributed by atoms with Gasteiger partial charge in [0.25, 0.3) is 5.89 Å². The standard InChI is InChI=1S/C12H10N4OS2/c1-16-9(13)8(19-12(16)18)11-14-10(15-17-11)7-5-3-2-4-6-7/h2-6H,13H2,1H3. The van der Waals surface area contributed by atoms with E-state index in [0.717, 1.165) is 5.56 Å². The molecule has 0 unspecified atom stereocenters. The van der Waals surface area contributed by atoms with Gasteiger partial charge in [-0.25, -0.2) is 0 Å². The van der Waals surface area contributed by atoms with Crippen molar-refractivity contribution in [1.82, 2.24) is 14.7 Å². The minimum absolute atomic E-state index is 0.396. The van der Waals surface area contributed by atoms with Crippen molar-refractivity contribution >= 4 is 29.4 Å². The molecule has 7 heteroatoms. The van der Waals surface area contributed by atoms with Crippen molar-refractivity contribution in [3.8, 4) is 22.2 Å². The van der Waals surface area contributed by atoms with Crippen molar-refractivity contribution in [2.45, 2.75) is 0 Å². The molecule has 1 aromatic carbocycles. The maximum atomic E-state index is 5.96. The topological polar surface area (TPSA) is 69.9 Å².